The van der Waals surface area contributed by atoms with Gasteiger partial charge in [0, 0.05) is 38.5 Å². The van der Waals surface area contributed by atoms with Gasteiger partial charge in [0.15, 0.2) is 0 Å². The molecule has 0 bridgehead atoms. The van der Waals surface area contributed by atoms with Crippen LogP contribution in [0.5, 0.6) is 11.8 Å². The van der Waals surface area contributed by atoms with Gasteiger partial charge in [0.25, 0.3) is 0 Å². The molecule has 0 unspecified atom stereocenters. The summed E-state index contributed by atoms with van der Waals surface area (Å²) in [4.78, 5) is 6.97. The zero-order valence-electron chi connectivity index (χ0n) is 19.3. The quantitative estimate of drug-likeness (QED) is 0.299. The number of anilines is 1. The highest BCUT2D eigenvalue weighted by Gasteiger charge is 2.24. The number of fused-ring (bicyclic) bond motifs is 1. The summed E-state index contributed by atoms with van der Waals surface area (Å²) in [5.41, 5.74) is 3.30. The summed E-state index contributed by atoms with van der Waals surface area (Å²) in [6.07, 6.45) is 4.41. The van der Waals surface area contributed by atoms with Crippen molar-refractivity contribution in [2.75, 3.05) is 18.1 Å². The first-order chi connectivity index (χ1) is 14.7. The maximum absolute atomic E-state index is 6.20. The normalized spacial score (nSPS) is 15.7. The summed E-state index contributed by atoms with van der Waals surface area (Å²) in [5, 5.41) is 0. The topological polar surface area (TPSA) is 39.5 Å². The Bertz CT molecular complexity index is 1060. The molecule has 0 radical (unpaired) electrons. The van der Waals surface area contributed by atoms with E-state index in [1.807, 2.05) is 34.9 Å². The van der Waals surface area contributed by atoms with E-state index in [1.54, 1.807) is 0 Å². The first-order valence-electron chi connectivity index (χ1n) is 11.0. The van der Waals surface area contributed by atoms with E-state index in [0.717, 1.165) is 41.7 Å². The Kier molecular flexibility index (Phi) is 5.95. The highest BCUT2D eigenvalue weighted by molar-refractivity contribution is 6.76. The lowest BCUT2D eigenvalue weighted by molar-refractivity contribution is 0.0850. The molecule has 164 valence electrons. The van der Waals surface area contributed by atoms with Crippen LogP contribution in [-0.2, 0) is 11.5 Å². The van der Waals surface area contributed by atoms with Crippen molar-refractivity contribution in [2.24, 2.45) is 5.41 Å². The molecule has 1 aliphatic heterocycles. The molecule has 5 nitrogen and oxygen atoms in total. The van der Waals surface area contributed by atoms with Crippen LogP contribution in [0.4, 0.5) is 5.69 Å². The van der Waals surface area contributed by atoms with E-state index < -0.39 is 8.07 Å². The molecule has 0 amide bonds. The van der Waals surface area contributed by atoms with Gasteiger partial charge in [0.05, 0.1) is 11.0 Å². The Morgan fingerprint density at radius 2 is 1.77 bits per heavy atom. The van der Waals surface area contributed by atoms with Gasteiger partial charge >= 0.3 is 6.01 Å². The molecule has 1 aliphatic rings. The molecule has 3 aromatic rings. The van der Waals surface area contributed by atoms with Crippen LogP contribution in [0.15, 0.2) is 60.8 Å². The highest BCUT2D eigenvalue weighted by Crippen LogP contribution is 2.32. The van der Waals surface area contributed by atoms with Crippen LogP contribution in [0, 0.1) is 5.41 Å². The molecule has 0 aliphatic carbocycles. The van der Waals surface area contributed by atoms with Crippen LogP contribution in [-0.4, -0.2) is 30.8 Å². The maximum atomic E-state index is 6.20. The third-order valence-electron chi connectivity index (χ3n) is 5.50. The Hall–Kier alpha value is -2.57. The van der Waals surface area contributed by atoms with Crippen molar-refractivity contribution in [1.29, 1.82) is 0 Å². The van der Waals surface area contributed by atoms with Gasteiger partial charge in [-0.05, 0) is 42.4 Å². The zero-order valence-corrected chi connectivity index (χ0v) is 20.3. The SMILES string of the molecule is CC1(C)C=CN(c2ccc(Oc3nc4ccccc4n3COCC[Si](C)(C)C)cc2)C1. The fourth-order valence-corrected chi connectivity index (χ4v) is 4.37. The summed E-state index contributed by atoms with van der Waals surface area (Å²) in [7, 11) is -1.12. The number of hydrogen-bond donors (Lipinski definition) is 0. The van der Waals surface area contributed by atoms with Gasteiger partial charge in [0.2, 0.25) is 0 Å². The van der Waals surface area contributed by atoms with Crippen molar-refractivity contribution in [1.82, 2.24) is 9.55 Å². The summed E-state index contributed by atoms with van der Waals surface area (Å²) in [6, 6.07) is 18.0. The Morgan fingerprint density at radius 3 is 2.45 bits per heavy atom. The minimum Gasteiger partial charge on any atom is -0.425 e. The molecule has 0 spiro atoms. The molecular weight excluding hydrogens is 402 g/mol. The van der Waals surface area contributed by atoms with Crippen LogP contribution in [0.3, 0.4) is 0 Å². The second kappa shape index (κ2) is 8.52. The van der Waals surface area contributed by atoms with Gasteiger partial charge in [-0.3, -0.25) is 4.57 Å². The molecule has 2 heterocycles. The van der Waals surface area contributed by atoms with Gasteiger partial charge in [0.1, 0.15) is 12.5 Å². The van der Waals surface area contributed by atoms with E-state index in [0.29, 0.717) is 12.7 Å². The van der Waals surface area contributed by atoms with Crippen LogP contribution in [0.1, 0.15) is 13.8 Å². The maximum Gasteiger partial charge on any atom is 0.304 e. The number of aromatic nitrogens is 2. The molecule has 0 saturated heterocycles. The average molecular weight is 436 g/mol. The van der Waals surface area contributed by atoms with Crippen LogP contribution >= 0.6 is 0 Å². The van der Waals surface area contributed by atoms with Crippen molar-refractivity contribution >= 4 is 24.8 Å². The van der Waals surface area contributed by atoms with E-state index in [2.05, 4.69) is 68.9 Å². The van der Waals surface area contributed by atoms with E-state index in [4.69, 9.17) is 14.5 Å². The molecule has 0 atom stereocenters. The number of ether oxygens (including phenoxy) is 2. The van der Waals surface area contributed by atoms with Crippen LogP contribution in [0.25, 0.3) is 11.0 Å². The summed E-state index contributed by atoms with van der Waals surface area (Å²) in [5.74, 6) is 0.768. The van der Waals surface area contributed by atoms with Crippen LogP contribution in [0.2, 0.25) is 25.7 Å². The first-order valence-corrected chi connectivity index (χ1v) is 14.7. The lowest BCUT2D eigenvalue weighted by atomic mass is 9.96. The van der Waals surface area contributed by atoms with E-state index in [1.165, 1.54) is 0 Å². The number of para-hydroxylation sites is 2. The van der Waals surface area contributed by atoms with Crippen molar-refractivity contribution in [3.8, 4) is 11.8 Å². The van der Waals surface area contributed by atoms with Gasteiger partial charge in [-0.15, -0.1) is 0 Å². The van der Waals surface area contributed by atoms with Gasteiger partial charge in [-0.25, -0.2) is 0 Å². The summed E-state index contributed by atoms with van der Waals surface area (Å²) in [6.45, 7) is 13.8. The zero-order chi connectivity index (χ0) is 22.1. The predicted molar refractivity (Wildman–Crippen MR) is 131 cm³/mol. The van der Waals surface area contributed by atoms with E-state index in [9.17, 15) is 0 Å². The molecular formula is C25H33N3O2Si. The standard InChI is InChI=1S/C25H33N3O2Si/c1-25(2)14-15-27(18-25)20-10-12-21(13-11-20)30-24-26-22-8-6-7-9-23(22)28(24)19-29-16-17-31(3,4)5/h6-15H,16-19H2,1-5H3. The lowest BCUT2D eigenvalue weighted by Crippen LogP contribution is -2.22. The number of imidazole rings is 1. The average Bonchev–Trinajstić information content (AvgIpc) is 3.24. The highest BCUT2D eigenvalue weighted by atomic mass is 28.3. The number of rotatable bonds is 8. The van der Waals surface area contributed by atoms with Crippen molar-refractivity contribution in [3.63, 3.8) is 0 Å². The van der Waals surface area contributed by atoms with Gasteiger partial charge in [-0.1, -0.05) is 51.7 Å². The molecule has 4 rings (SSSR count). The Labute approximate surface area is 186 Å². The second-order valence-corrected chi connectivity index (χ2v) is 15.8. The van der Waals surface area contributed by atoms with Crippen LogP contribution < -0.4 is 9.64 Å². The molecule has 31 heavy (non-hydrogen) atoms. The van der Waals surface area contributed by atoms with Crippen molar-refractivity contribution < 1.29 is 9.47 Å². The summed E-state index contributed by atoms with van der Waals surface area (Å²) < 4.78 is 14.2. The molecule has 0 N–H and O–H groups in total. The first kappa shape index (κ1) is 21.7. The van der Waals surface area contributed by atoms with Crippen molar-refractivity contribution in [3.05, 3.63) is 60.8 Å². The van der Waals surface area contributed by atoms with E-state index >= 15 is 0 Å². The molecule has 0 saturated carbocycles. The molecule has 2 aromatic carbocycles. The largest absolute Gasteiger partial charge is 0.425 e. The molecule has 6 heteroatoms. The summed E-state index contributed by atoms with van der Waals surface area (Å²) >= 11 is 0. The second-order valence-electron chi connectivity index (χ2n) is 10.2. The predicted octanol–water partition coefficient (Wildman–Crippen LogP) is 6.50. The van der Waals surface area contributed by atoms with Gasteiger partial charge in [-0.2, -0.15) is 4.98 Å². The molecule has 1 aromatic heterocycles. The third kappa shape index (κ3) is 5.38. The monoisotopic (exact) mass is 435 g/mol. The number of hydrogen-bond acceptors (Lipinski definition) is 4. The smallest absolute Gasteiger partial charge is 0.304 e. The number of nitrogens with zero attached hydrogens (tertiary/aromatic N) is 3. The minimum atomic E-state index is -1.12. The van der Waals surface area contributed by atoms with Gasteiger partial charge < -0.3 is 14.4 Å². The fraction of sp³-hybridized carbons (Fsp3) is 0.400. The fourth-order valence-electron chi connectivity index (χ4n) is 3.61. The molecule has 0 fully saturated rings. The lowest BCUT2D eigenvalue weighted by Gasteiger charge is -2.22. The third-order valence-corrected chi connectivity index (χ3v) is 7.20. The Morgan fingerprint density at radius 1 is 1.03 bits per heavy atom. The van der Waals surface area contributed by atoms with E-state index in [-0.39, 0.29) is 5.41 Å². The van der Waals surface area contributed by atoms with Crippen molar-refractivity contribution in [2.45, 2.75) is 46.3 Å². The minimum absolute atomic E-state index is 0.204. The number of benzene rings is 2. The Balaban J connectivity index is 1.49.